The summed E-state index contributed by atoms with van der Waals surface area (Å²) in [6.45, 7) is 2.17. The molecule has 0 aliphatic carbocycles. The van der Waals surface area contributed by atoms with Crippen molar-refractivity contribution in [3.05, 3.63) is 65.7 Å². The molecule has 106 valence electrons. The van der Waals surface area contributed by atoms with Crippen LogP contribution in [-0.4, -0.2) is 20.4 Å². The van der Waals surface area contributed by atoms with Crippen molar-refractivity contribution in [2.75, 3.05) is 20.4 Å². The van der Waals surface area contributed by atoms with Gasteiger partial charge in [-0.05, 0) is 36.2 Å². The Labute approximate surface area is 120 Å². The first-order chi connectivity index (χ1) is 9.88. The molecular formula is C17H21NO2. The number of hydrogen-bond acceptors (Lipinski definition) is 3. The minimum atomic E-state index is 0.290. The molecule has 3 heteroatoms. The first kappa shape index (κ1) is 14.6. The average Bonchev–Trinajstić information content (AvgIpc) is 2.52. The number of rotatable bonds is 8. The molecule has 0 saturated heterocycles. The molecule has 1 N–H and O–H groups in total. The zero-order valence-corrected chi connectivity index (χ0v) is 11.8. The molecular weight excluding hydrogens is 250 g/mol. The Morgan fingerprint density at radius 3 is 2.35 bits per heavy atom. The number of ether oxygens (including phenoxy) is 2. The second-order valence-corrected chi connectivity index (χ2v) is 4.61. The Hall–Kier alpha value is -1.84. The van der Waals surface area contributed by atoms with Gasteiger partial charge in [-0.1, -0.05) is 42.5 Å². The van der Waals surface area contributed by atoms with Crippen LogP contribution in [0.4, 0.5) is 0 Å². The number of benzene rings is 2. The molecule has 3 nitrogen and oxygen atoms in total. The quantitative estimate of drug-likeness (QED) is 0.591. The SMILES string of the molecule is COCOc1ccc(CCNCc2ccccc2)cc1. The highest BCUT2D eigenvalue weighted by atomic mass is 16.7. The van der Waals surface area contributed by atoms with Crippen LogP contribution < -0.4 is 10.1 Å². The molecule has 0 fully saturated rings. The Balaban J connectivity index is 1.69. The van der Waals surface area contributed by atoms with Crippen molar-refractivity contribution >= 4 is 0 Å². The summed E-state index contributed by atoms with van der Waals surface area (Å²) in [6, 6.07) is 18.6. The molecule has 2 rings (SSSR count). The first-order valence-electron chi connectivity index (χ1n) is 6.84. The fourth-order valence-corrected chi connectivity index (χ4v) is 1.94. The third-order valence-corrected chi connectivity index (χ3v) is 3.03. The zero-order chi connectivity index (χ0) is 14.0. The second kappa shape index (κ2) is 8.35. The molecule has 2 aromatic carbocycles. The number of nitrogens with one attached hydrogen (secondary N) is 1. The van der Waals surface area contributed by atoms with E-state index in [9.17, 15) is 0 Å². The minimum Gasteiger partial charge on any atom is -0.468 e. The van der Waals surface area contributed by atoms with E-state index in [4.69, 9.17) is 9.47 Å². The molecule has 0 saturated carbocycles. The molecule has 0 bridgehead atoms. The van der Waals surface area contributed by atoms with E-state index >= 15 is 0 Å². The van der Waals surface area contributed by atoms with E-state index in [2.05, 4.69) is 41.7 Å². The summed E-state index contributed by atoms with van der Waals surface area (Å²) < 4.78 is 10.2. The Bertz CT molecular complexity index is 482. The maximum Gasteiger partial charge on any atom is 0.188 e. The summed E-state index contributed by atoms with van der Waals surface area (Å²) in [6.07, 6.45) is 1.01. The summed E-state index contributed by atoms with van der Waals surface area (Å²) in [5.41, 5.74) is 2.62. The molecule has 0 aliphatic rings. The van der Waals surface area contributed by atoms with Crippen LogP contribution in [0.5, 0.6) is 5.75 Å². The van der Waals surface area contributed by atoms with E-state index in [1.807, 2.05) is 18.2 Å². The van der Waals surface area contributed by atoms with Crippen LogP contribution in [0.3, 0.4) is 0 Å². The van der Waals surface area contributed by atoms with Crippen molar-refractivity contribution in [1.82, 2.24) is 5.32 Å². The van der Waals surface area contributed by atoms with Gasteiger partial charge in [0.15, 0.2) is 6.79 Å². The molecule has 0 radical (unpaired) electrons. The topological polar surface area (TPSA) is 30.5 Å². The predicted octanol–water partition coefficient (Wildman–Crippen LogP) is 3.00. The van der Waals surface area contributed by atoms with Gasteiger partial charge in [0.05, 0.1) is 0 Å². The minimum absolute atomic E-state index is 0.290. The second-order valence-electron chi connectivity index (χ2n) is 4.61. The van der Waals surface area contributed by atoms with Crippen LogP contribution >= 0.6 is 0 Å². The number of hydrogen-bond donors (Lipinski definition) is 1. The van der Waals surface area contributed by atoms with Crippen LogP contribution in [-0.2, 0) is 17.7 Å². The van der Waals surface area contributed by atoms with Gasteiger partial charge in [0, 0.05) is 13.7 Å². The van der Waals surface area contributed by atoms with Gasteiger partial charge in [-0.2, -0.15) is 0 Å². The third kappa shape index (κ3) is 5.03. The maximum absolute atomic E-state index is 5.36. The molecule has 20 heavy (non-hydrogen) atoms. The van der Waals surface area contributed by atoms with E-state index in [-0.39, 0.29) is 6.79 Å². The van der Waals surface area contributed by atoms with Crippen LogP contribution in [0.15, 0.2) is 54.6 Å². The molecule has 0 atom stereocenters. The van der Waals surface area contributed by atoms with E-state index in [0.717, 1.165) is 25.3 Å². The van der Waals surface area contributed by atoms with Crippen LogP contribution in [0.2, 0.25) is 0 Å². The number of methoxy groups -OCH3 is 1. The van der Waals surface area contributed by atoms with Crippen molar-refractivity contribution in [3.63, 3.8) is 0 Å². The summed E-state index contributed by atoms with van der Waals surface area (Å²) in [5, 5.41) is 3.45. The molecule has 0 aromatic heterocycles. The fraction of sp³-hybridized carbons (Fsp3) is 0.294. The Morgan fingerprint density at radius 1 is 0.900 bits per heavy atom. The van der Waals surface area contributed by atoms with Gasteiger partial charge < -0.3 is 14.8 Å². The van der Waals surface area contributed by atoms with Crippen LogP contribution in [0.25, 0.3) is 0 Å². The average molecular weight is 271 g/mol. The molecule has 0 spiro atoms. The molecule has 2 aromatic rings. The van der Waals surface area contributed by atoms with Gasteiger partial charge in [0.2, 0.25) is 0 Å². The Morgan fingerprint density at radius 2 is 1.65 bits per heavy atom. The van der Waals surface area contributed by atoms with Crippen molar-refractivity contribution < 1.29 is 9.47 Å². The van der Waals surface area contributed by atoms with E-state index in [1.165, 1.54) is 11.1 Å². The van der Waals surface area contributed by atoms with Gasteiger partial charge in [-0.15, -0.1) is 0 Å². The Kier molecular flexibility index (Phi) is 6.08. The van der Waals surface area contributed by atoms with Crippen molar-refractivity contribution in [3.8, 4) is 5.75 Å². The van der Waals surface area contributed by atoms with Crippen LogP contribution in [0, 0.1) is 0 Å². The lowest BCUT2D eigenvalue weighted by molar-refractivity contribution is 0.0511. The smallest absolute Gasteiger partial charge is 0.188 e. The van der Waals surface area contributed by atoms with E-state index in [1.54, 1.807) is 7.11 Å². The van der Waals surface area contributed by atoms with E-state index < -0.39 is 0 Å². The summed E-state index contributed by atoms with van der Waals surface area (Å²) in [4.78, 5) is 0. The molecule has 0 amide bonds. The highest BCUT2D eigenvalue weighted by Gasteiger charge is 1.96. The molecule has 0 unspecified atom stereocenters. The lowest BCUT2D eigenvalue weighted by Crippen LogP contribution is -2.16. The lowest BCUT2D eigenvalue weighted by atomic mass is 10.1. The maximum atomic E-state index is 5.36. The summed E-state index contributed by atoms with van der Waals surface area (Å²) in [7, 11) is 1.62. The standard InChI is InChI=1S/C17H21NO2/c1-19-14-20-17-9-7-15(8-10-17)11-12-18-13-16-5-3-2-4-6-16/h2-10,18H,11-14H2,1H3. The van der Waals surface area contributed by atoms with Gasteiger partial charge in [-0.25, -0.2) is 0 Å². The fourth-order valence-electron chi connectivity index (χ4n) is 1.94. The lowest BCUT2D eigenvalue weighted by Gasteiger charge is -2.07. The highest BCUT2D eigenvalue weighted by molar-refractivity contribution is 5.27. The predicted molar refractivity (Wildman–Crippen MR) is 80.8 cm³/mol. The van der Waals surface area contributed by atoms with Crippen molar-refractivity contribution in [2.24, 2.45) is 0 Å². The summed E-state index contributed by atoms with van der Waals surface area (Å²) >= 11 is 0. The van der Waals surface area contributed by atoms with Gasteiger partial charge in [0.1, 0.15) is 5.75 Å². The van der Waals surface area contributed by atoms with E-state index in [0.29, 0.717) is 0 Å². The largest absolute Gasteiger partial charge is 0.468 e. The molecule has 0 aliphatic heterocycles. The monoisotopic (exact) mass is 271 g/mol. The first-order valence-corrected chi connectivity index (χ1v) is 6.84. The molecule has 0 heterocycles. The normalized spacial score (nSPS) is 10.4. The van der Waals surface area contributed by atoms with Crippen molar-refractivity contribution in [1.29, 1.82) is 0 Å². The van der Waals surface area contributed by atoms with Gasteiger partial charge in [-0.3, -0.25) is 0 Å². The third-order valence-electron chi connectivity index (χ3n) is 3.03. The van der Waals surface area contributed by atoms with Gasteiger partial charge in [0.25, 0.3) is 0 Å². The van der Waals surface area contributed by atoms with Crippen molar-refractivity contribution in [2.45, 2.75) is 13.0 Å². The zero-order valence-electron chi connectivity index (χ0n) is 11.8. The van der Waals surface area contributed by atoms with Gasteiger partial charge >= 0.3 is 0 Å². The summed E-state index contributed by atoms with van der Waals surface area (Å²) in [5.74, 6) is 0.841. The highest BCUT2D eigenvalue weighted by Crippen LogP contribution is 2.12. The van der Waals surface area contributed by atoms with Crippen LogP contribution in [0.1, 0.15) is 11.1 Å².